The molecule has 26 heavy (non-hydrogen) atoms. The van der Waals surface area contributed by atoms with Crippen molar-refractivity contribution in [3.63, 3.8) is 0 Å². The van der Waals surface area contributed by atoms with Gasteiger partial charge in [0.15, 0.2) is 10.8 Å². The lowest BCUT2D eigenvalue weighted by atomic mass is 10.3. The van der Waals surface area contributed by atoms with Gasteiger partial charge in [-0.1, -0.05) is 0 Å². The lowest BCUT2D eigenvalue weighted by Gasteiger charge is -2.11. The monoisotopic (exact) mass is 386 g/mol. The van der Waals surface area contributed by atoms with E-state index in [-0.39, 0.29) is 0 Å². The largest absolute Gasteiger partial charge is 0.494 e. The molecule has 0 unspecified atom stereocenters. The summed E-state index contributed by atoms with van der Waals surface area (Å²) in [4.78, 5) is 0. The van der Waals surface area contributed by atoms with Crippen LogP contribution in [-0.2, 0) is 12.7 Å². The molecule has 0 atom stereocenters. The number of alkyl halides is 3. The molecule has 2 N–H and O–H groups in total. The highest BCUT2D eigenvalue weighted by Crippen LogP contribution is 2.28. The maximum absolute atomic E-state index is 12.6. The number of benzene rings is 1. The molecule has 0 saturated heterocycles. The maximum atomic E-state index is 12.6. The van der Waals surface area contributed by atoms with Crippen LogP contribution in [0.3, 0.4) is 0 Å². The number of hydrogen-bond donors (Lipinski definition) is 2. The van der Waals surface area contributed by atoms with Crippen LogP contribution in [0.15, 0.2) is 30.3 Å². The molecule has 0 aliphatic rings. The Morgan fingerprint density at radius 2 is 1.96 bits per heavy atom. The predicted octanol–water partition coefficient (Wildman–Crippen LogP) is 3.99. The third-order valence-corrected chi connectivity index (χ3v) is 3.77. The fourth-order valence-corrected chi connectivity index (χ4v) is 2.50. The molecule has 9 heteroatoms. The van der Waals surface area contributed by atoms with Crippen LogP contribution in [0, 0.1) is 6.92 Å². The van der Waals surface area contributed by atoms with Crippen LogP contribution in [0.1, 0.15) is 24.7 Å². The molecular weight excluding hydrogens is 365 g/mol. The highest BCUT2D eigenvalue weighted by molar-refractivity contribution is 7.80. The summed E-state index contributed by atoms with van der Waals surface area (Å²) in [6.45, 7) is 5.02. The Labute approximate surface area is 155 Å². The standard InChI is InChI=1S/C17H21F3N4OS/c1-3-25-14-7-5-13(6-8-14)22-16(26)21-9-4-10-24-12(2)11-15(23-24)17(18,19)20/h5-8,11H,3-4,9-10H2,1-2H3,(H2,21,22,26). The average molecular weight is 386 g/mol. The lowest BCUT2D eigenvalue weighted by Crippen LogP contribution is -2.29. The Kier molecular flexibility index (Phi) is 6.84. The second-order valence-electron chi connectivity index (χ2n) is 5.58. The van der Waals surface area contributed by atoms with Gasteiger partial charge in [-0.2, -0.15) is 18.3 Å². The second-order valence-corrected chi connectivity index (χ2v) is 5.99. The van der Waals surface area contributed by atoms with E-state index in [1.165, 1.54) is 4.68 Å². The zero-order chi connectivity index (χ0) is 19.2. The lowest BCUT2D eigenvalue weighted by molar-refractivity contribution is -0.141. The molecule has 0 saturated carbocycles. The number of rotatable bonds is 7. The summed E-state index contributed by atoms with van der Waals surface area (Å²) in [5.74, 6) is 0.782. The van der Waals surface area contributed by atoms with E-state index in [0.717, 1.165) is 17.5 Å². The van der Waals surface area contributed by atoms with Crippen molar-refractivity contribution in [2.75, 3.05) is 18.5 Å². The SMILES string of the molecule is CCOc1ccc(NC(=S)NCCCn2nc(C(F)(F)F)cc2C)cc1. The molecule has 1 aromatic heterocycles. The minimum atomic E-state index is -4.42. The van der Waals surface area contributed by atoms with Crippen LogP contribution in [-0.4, -0.2) is 28.0 Å². The molecule has 1 heterocycles. The number of aromatic nitrogens is 2. The molecule has 0 spiro atoms. The Morgan fingerprint density at radius 1 is 1.27 bits per heavy atom. The van der Waals surface area contributed by atoms with E-state index in [9.17, 15) is 13.2 Å². The van der Waals surface area contributed by atoms with E-state index in [2.05, 4.69) is 15.7 Å². The van der Waals surface area contributed by atoms with Crippen LogP contribution >= 0.6 is 12.2 Å². The van der Waals surface area contributed by atoms with Crippen molar-refractivity contribution in [2.45, 2.75) is 33.0 Å². The van der Waals surface area contributed by atoms with Crippen LogP contribution in [0.2, 0.25) is 0 Å². The van der Waals surface area contributed by atoms with Crippen molar-refractivity contribution >= 4 is 23.0 Å². The van der Waals surface area contributed by atoms with Gasteiger partial charge in [-0.3, -0.25) is 4.68 Å². The zero-order valence-corrected chi connectivity index (χ0v) is 15.4. The Hall–Kier alpha value is -2.29. The highest BCUT2D eigenvalue weighted by atomic mass is 32.1. The molecule has 2 aromatic rings. The number of nitrogens with one attached hydrogen (secondary N) is 2. The fourth-order valence-electron chi connectivity index (χ4n) is 2.28. The number of thiocarbonyl (C=S) groups is 1. The first kappa shape index (κ1) is 20.0. The van der Waals surface area contributed by atoms with Crippen molar-refractivity contribution < 1.29 is 17.9 Å². The summed E-state index contributed by atoms with van der Waals surface area (Å²) in [5, 5.41) is 10.1. The minimum Gasteiger partial charge on any atom is -0.494 e. The van der Waals surface area contributed by atoms with Crippen LogP contribution < -0.4 is 15.4 Å². The molecule has 142 valence electrons. The van der Waals surface area contributed by atoms with E-state index in [4.69, 9.17) is 17.0 Å². The van der Waals surface area contributed by atoms with Gasteiger partial charge in [0.05, 0.1) is 6.61 Å². The van der Waals surface area contributed by atoms with E-state index in [1.54, 1.807) is 6.92 Å². The van der Waals surface area contributed by atoms with E-state index in [0.29, 0.717) is 36.9 Å². The number of halogens is 3. The summed E-state index contributed by atoms with van der Waals surface area (Å²) < 4.78 is 44.6. The quantitative estimate of drug-likeness (QED) is 0.557. The van der Waals surface area contributed by atoms with Gasteiger partial charge in [-0.15, -0.1) is 0 Å². The maximum Gasteiger partial charge on any atom is 0.435 e. The topological polar surface area (TPSA) is 51.1 Å². The normalized spacial score (nSPS) is 11.3. The third-order valence-electron chi connectivity index (χ3n) is 3.53. The van der Waals surface area contributed by atoms with Gasteiger partial charge in [0, 0.05) is 24.5 Å². The number of aryl methyl sites for hydroxylation is 2. The fraction of sp³-hybridized carbons (Fsp3) is 0.412. The third kappa shape index (κ3) is 5.91. The van der Waals surface area contributed by atoms with Gasteiger partial charge >= 0.3 is 6.18 Å². The summed E-state index contributed by atoms with van der Waals surface area (Å²) >= 11 is 5.20. The molecule has 0 aliphatic heterocycles. The molecular formula is C17H21F3N4OS. The molecule has 0 fully saturated rings. The van der Waals surface area contributed by atoms with Gasteiger partial charge in [0.25, 0.3) is 0 Å². The highest BCUT2D eigenvalue weighted by Gasteiger charge is 2.34. The van der Waals surface area contributed by atoms with Crippen LogP contribution in [0.4, 0.5) is 18.9 Å². The minimum absolute atomic E-state index is 0.376. The van der Waals surface area contributed by atoms with Crippen molar-refractivity contribution in [3.05, 3.63) is 41.7 Å². The van der Waals surface area contributed by atoms with Crippen LogP contribution in [0.25, 0.3) is 0 Å². The molecule has 2 rings (SSSR count). The summed E-state index contributed by atoms with van der Waals surface area (Å²) in [7, 11) is 0. The average Bonchev–Trinajstić information content (AvgIpc) is 2.95. The Bertz CT molecular complexity index is 729. The Morgan fingerprint density at radius 3 is 2.54 bits per heavy atom. The molecule has 0 aliphatic carbocycles. The smallest absolute Gasteiger partial charge is 0.435 e. The Balaban J connectivity index is 1.74. The van der Waals surface area contributed by atoms with Crippen molar-refractivity contribution in [2.24, 2.45) is 0 Å². The predicted molar refractivity (Wildman–Crippen MR) is 98.4 cm³/mol. The summed E-state index contributed by atoms with van der Waals surface area (Å²) in [6.07, 6.45) is -3.83. The van der Waals surface area contributed by atoms with Crippen molar-refractivity contribution in [1.29, 1.82) is 0 Å². The van der Waals surface area contributed by atoms with E-state index in [1.807, 2.05) is 31.2 Å². The zero-order valence-electron chi connectivity index (χ0n) is 14.6. The van der Waals surface area contributed by atoms with Crippen LogP contribution in [0.5, 0.6) is 5.75 Å². The van der Waals surface area contributed by atoms with Gasteiger partial charge in [-0.25, -0.2) is 0 Å². The van der Waals surface area contributed by atoms with Gasteiger partial charge in [0.1, 0.15) is 5.75 Å². The van der Waals surface area contributed by atoms with Gasteiger partial charge in [0.2, 0.25) is 0 Å². The van der Waals surface area contributed by atoms with Crippen molar-refractivity contribution in [1.82, 2.24) is 15.1 Å². The molecule has 1 aromatic carbocycles. The van der Waals surface area contributed by atoms with E-state index >= 15 is 0 Å². The molecule has 0 amide bonds. The van der Waals surface area contributed by atoms with Crippen molar-refractivity contribution in [3.8, 4) is 5.75 Å². The number of anilines is 1. The molecule has 5 nitrogen and oxygen atoms in total. The van der Waals surface area contributed by atoms with Gasteiger partial charge in [-0.05, 0) is 62.8 Å². The number of ether oxygens (including phenoxy) is 1. The number of hydrogen-bond acceptors (Lipinski definition) is 3. The molecule has 0 radical (unpaired) electrons. The second kappa shape index (κ2) is 8.88. The molecule has 0 bridgehead atoms. The first-order valence-corrected chi connectivity index (χ1v) is 8.59. The summed E-state index contributed by atoms with van der Waals surface area (Å²) in [6, 6.07) is 8.43. The van der Waals surface area contributed by atoms with E-state index < -0.39 is 11.9 Å². The first-order chi connectivity index (χ1) is 12.3. The van der Waals surface area contributed by atoms with Gasteiger partial charge < -0.3 is 15.4 Å². The summed E-state index contributed by atoms with van der Waals surface area (Å²) in [5.41, 5.74) is 0.437. The number of nitrogens with zero attached hydrogens (tertiary/aromatic N) is 2. The first-order valence-electron chi connectivity index (χ1n) is 8.19.